The summed E-state index contributed by atoms with van der Waals surface area (Å²) in [7, 11) is 0. The van der Waals surface area contributed by atoms with Crippen molar-refractivity contribution in [3.05, 3.63) is 162 Å². The van der Waals surface area contributed by atoms with Gasteiger partial charge in [-0.3, -0.25) is 0 Å². The number of aromatic nitrogens is 1. The van der Waals surface area contributed by atoms with Crippen molar-refractivity contribution in [3.63, 3.8) is 0 Å². The standard InChI is InChI=1S/C43H31N3S/c1-27-15-17-28(18-16-27)29-19-21-31(22-20-29)43-44-42(30-9-3-2-4-10-30)46(43)45-36-13-7-5-11-34(36)40-32-24-26-39-41(33(32)23-25-37(40)45)35-12-6-8-14-38(35)47-39/h2-15,17-27,42H,16H2,1H3/p+2. The molecule has 3 heterocycles. The Morgan fingerprint density at radius 3 is 2.19 bits per heavy atom. The van der Waals surface area contributed by atoms with Gasteiger partial charge in [-0.15, -0.1) is 16.0 Å². The Morgan fingerprint density at radius 1 is 0.638 bits per heavy atom. The number of hydrogen-bond acceptors (Lipinski definition) is 1. The van der Waals surface area contributed by atoms with Gasteiger partial charge in [0.05, 0.1) is 5.56 Å². The number of hydrogen-bond donors (Lipinski definition) is 1. The summed E-state index contributed by atoms with van der Waals surface area (Å²) in [5.74, 6) is 1.84. The minimum atomic E-state index is 0.120. The highest BCUT2D eigenvalue weighted by Crippen LogP contribution is 2.43. The van der Waals surface area contributed by atoms with E-state index in [0.717, 1.165) is 6.42 Å². The van der Waals surface area contributed by atoms with Crippen LogP contribution >= 0.6 is 11.3 Å². The molecule has 10 rings (SSSR count). The summed E-state index contributed by atoms with van der Waals surface area (Å²) < 4.78 is 7.68. The highest BCUT2D eigenvalue weighted by Gasteiger charge is 2.49. The Kier molecular flexibility index (Phi) is 5.93. The molecule has 0 fully saturated rings. The number of nitrogens with two attached hydrogens (primary N) is 1. The fourth-order valence-electron chi connectivity index (χ4n) is 7.80. The third-order valence-electron chi connectivity index (χ3n) is 10.2. The van der Waals surface area contributed by atoms with Crippen LogP contribution in [0.1, 0.15) is 36.2 Å². The lowest BCUT2D eigenvalue weighted by Gasteiger charge is -2.24. The fourth-order valence-corrected chi connectivity index (χ4v) is 8.92. The quantitative estimate of drug-likeness (QED) is 0.189. The molecule has 4 heteroatoms. The summed E-state index contributed by atoms with van der Waals surface area (Å²) in [5.41, 5.74) is 7.56. The second-order valence-electron chi connectivity index (χ2n) is 13.0. The summed E-state index contributed by atoms with van der Waals surface area (Å²) in [5, 5.41) is 10.4. The van der Waals surface area contributed by atoms with E-state index < -0.39 is 0 Å². The average Bonchev–Trinajstić information content (AvgIpc) is 3.65. The van der Waals surface area contributed by atoms with Crippen LogP contribution in [-0.2, 0) is 0 Å². The second-order valence-corrected chi connectivity index (χ2v) is 14.1. The monoisotopic (exact) mass is 623 g/mol. The van der Waals surface area contributed by atoms with Gasteiger partial charge in [0.15, 0.2) is 0 Å². The van der Waals surface area contributed by atoms with Crippen LogP contribution in [0.4, 0.5) is 0 Å². The number of para-hydroxylation sites is 1. The molecule has 0 saturated heterocycles. The summed E-state index contributed by atoms with van der Waals surface area (Å²) in [6.45, 7) is 2.27. The zero-order chi connectivity index (χ0) is 31.1. The minimum absolute atomic E-state index is 0.120. The van der Waals surface area contributed by atoms with Crippen LogP contribution in [-0.4, -0.2) is 15.2 Å². The van der Waals surface area contributed by atoms with Gasteiger partial charge < -0.3 is 0 Å². The van der Waals surface area contributed by atoms with Crippen LogP contribution in [0.5, 0.6) is 0 Å². The molecular weight excluding hydrogens is 591 g/mol. The molecule has 0 bridgehead atoms. The molecular formula is C43H33N3S+2. The van der Waals surface area contributed by atoms with E-state index in [1.54, 1.807) is 0 Å². The van der Waals surface area contributed by atoms with Crippen LogP contribution in [0, 0.1) is 5.92 Å². The number of rotatable bonds is 4. The molecule has 0 radical (unpaired) electrons. The molecule has 3 nitrogen and oxygen atoms in total. The van der Waals surface area contributed by atoms with E-state index in [2.05, 4.69) is 167 Å². The lowest BCUT2D eigenvalue weighted by molar-refractivity contribution is -0.915. The van der Waals surface area contributed by atoms with E-state index in [9.17, 15) is 0 Å². The van der Waals surface area contributed by atoms with Crippen molar-refractivity contribution in [2.75, 3.05) is 0 Å². The lowest BCUT2D eigenvalue weighted by atomic mass is 9.93. The largest absolute Gasteiger partial charge is 0.407 e. The zero-order valence-electron chi connectivity index (χ0n) is 26.1. The highest BCUT2D eigenvalue weighted by molar-refractivity contribution is 7.26. The molecule has 1 aliphatic heterocycles. The Balaban J connectivity index is 1.22. The molecule has 0 spiro atoms. The maximum absolute atomic E-state index is 2.51. The first kappa shape index (κ1) is 26.9. The van der Waals surface area contributed by atoms with Crippen molar-refractivity contribution in [3.8, 4) is 0 Å². The normalized spacial score (nSPS) is 18.1. The van der Waals surface area contributed by atoms with Crippen LogP contribution in [0.3, 0.4) is 0 Å². The molecule has 2 aliphatic rings. The van der Waals surface area contributed by atoms with E-state index in [0.29, 0.717) is 5.92 Å². The number of thiophene rings is 1. The molecule has 8 aromatic rings. The van der Waals surface area contributed by atoms with Gasteiger partial charge in [0.2, 0.25) is 0 Å². The van der Waals surface area contributed by atoms with E-state index in [-0.39, 0.29) is 6.17 Å². The summed E-state index contributed by atoms with van der Waals surface area (Å²) >= 11 is 1.89. The van der Waals surface area contributed by atoms with Gasteiger partial charge in [-0.1, -0.05) is 104 Å². The number of amidine groups is 1. The van der Waals surface area contributed by atoms with Crippen LogP contribution in [0.2, 0.25) is 0 Å². The van der Waals surface area contributed by atoms with E-state index >= 15 is 0 Å². The predicted octanol–water partition coefficient (Wildman–Crippen LogP) is 9.79. The molecule has 2 unspecified atom stereocenters. The summed E-state index contributed by atoms with van der Waals surface area (Å²) in [4.78, 5) is 0. The number of allylic oxidation sites excluding steroid dienone is 4. The maximum atomic E-state index is 2.51. The smallest absolute Gasteiger partial charge is 0.191 e. The van der Waals surface area contributed by atoms with Gasteiger partial charge in [0.25, 0.3) is 0 Å². The third-order valence-corrected chi connectivity index (χ3v) is 11.3. The third kappa shape index (κ3) is 4.05. The summed E-state index contributed by atoms with van der Waals surface area (Å²) in [6.07, 6.45) is 8.19. The van der Waals surface area contributed by atoms with Gasteiger partial charge in [-0.25, -0.2) is 0 Å². The minimum Gasteiger partial charge on any atom is -0.191 e. The first-order valence-electron chi connectivity index (χ1n) is 16.5. The Hall–Kier alpha value is -5.29. The van der Waals surface area contributed by atoms with Gasteiger partial charge in [0.1, 0.15) is 16.6 Å². The SMILES string of the molecule is CC1C=CC(c2ccc(C3=[N+](n4c5ccccc5c5c6ccc7sc8ccccc8c7c6ccc54)C(c4ccccc4)[NH2+]3)cc2)=CC1. The first-order valence-corrected chi connectivity index (χ1v) is 17.4. The number of benzene rings is 6. The van der Waals surface area contributed by atoms with Crippen molar-refractivity contribution in [2.24, 2.45) is 5.92 Å². The summed E-state index contributed by atoms with van der Waals surface area (Å²) in [6, 6.07) is 47.2. The highest BCUT2D eigenvalue weighted by atomic mass is 32.1. The Morgan fingerprint density at radius 2 is 1.36 bits per heavy atom. The molecule has 2 atom stereocenters. The van der Waals surface area contributed by atoms with E-state index in [1.165, 1.54) is 80.8 Å². The van der Waals surface area contributed by atoms with E-state index in [4.69, 9.17) is 0 Å². The van der Waals surface area contributed by atoms with Gasteiger partial charge in [-0.2, -0.15) is 5.32 Å². The van der Waals surface area contributed by atoms with Crippen molar-refractivity contribution < 1.29 is 10.0 Å². The molecule has 1 aliphatic carbocycles. The molecule has 2 aromatic heterocycles. The number of nitrogens with zero attached hydrogens (tertiary/aromatic N) is 2. The molecule has 0 amide bonds. The molecule has 47 heavy (non-hydrogen) atoms. The van der Waals surface area contributed by atoms with Crippen LogP contribution in [0.15, 0.2) is 146 Å². The molecule has 0 saturated carbocycles. The topological polar surface area (TPSA) is 24.5 Å². The van der Waals surface area contributed by atoms with Crippen molar-refractivity contribution >= 4 is 75.5 Å². The van der Waals surface area contributed by atoms with Crippen molar-refractivity contribution in [1.82, 2.24) is 4.68 Å². The number of quaternary nitrogens is 1. The van der Waals surface area contributed by atoms with Crippen LogP contribution < -0.4 is 5.32 Å². The van der Waals surface area contributed by atoms with Gasteiger partial charge in [-0.05, 0) is 82.8 Å². The first-order chi connectivity index (χ1) is 23.2. The predicted molar refractivity (Wildman–Crippen MR) is 198 cm³/mol. The molecule has 224 valence electrons. The molecule has 6 aromatic carbocycles. The lowest BCUT2D eigenvalue weighted by Crippen LogP contribution is -3.00. The Bertz CT molecular complexity index is 2630. The maximum Gasteiger partial charge on any atom is 0.407 e. The van der Waals surface area contributed by atoms with E-state index in [1.807, 2.05) is 11.3 Å². The average molecular weight is 624 g/mol. The Labute approximate surface area is 277 Å². The second kappa shape index (κ2) is 10.4. The van der Waals surface area contributed by atoms with Crippen LogP contribution in [0.25, 0.3) is 58.3 Å². The van der Waals surface area contributed by atoms with Crippen molar-refractivity contribution in [2.45, 2.75) is 19.5 Å². The van der Waals surface area contributed by atoms with Gasteiger partial charge >= 0.3 is 12.0 Å². The van der Waals surface area contributed by atoms with Crippen molar-refractivity contribution in [1.29, 1.82) is 0 Å². The fraction of sp³-hybridized carbons (Fsp3) is 0.0930. The zero-order valence-corrected chi connectivity index (χ0v) is 26.9. The van der Waals surface area contributed by atoms with Gasteiger partial charge in [0, 0.05) is 35.6 Å². The number of fused-ring (bicyclic) bond motifs is 9. The molecule has 2 N–H and O–H groups in total.